The van der Waals surface area contributed by atoms with E-state index in [9.17, 15) is 0 Å². The summed E-state index contributed by atoms with van der Waals surface area (Å²) < 4.78 is 0. The minimum absolute atomic E-state index is 0.392. The number of benzene rings is 1. The van der Waals surface area contributed by atoms with Gasteiger partial charge < -0.3 is 5.32 Å². The van der Waals surface area contributed by atoms with Gasteiger partial charge in [-0.2, -0.15) is 0 Å². The third-order valence-corrected chi connectivity index (χ3v) is 3.21. The first-order valence-electron chi connectivity index (χ1n) is 6.06. The van der Waals surface area contributed by atoms with Gasteiger partial charge in [-0.15, -0.1) is 0 Å². The predicted molar refractivity (Wildman–Crippen MR) is 69.3 cm³/mol. The van der Waals surface area contributed by atoms with Gasteiger partial charge in [0.05, 0.1) is 6.54 Å². The average molecular weight is 216 g/mol. The van der Waals surface area contributed by atoms with E-state index in [0.29, 0.717) is 11.8 Å². The van der Waals surface area contributed by atoms with Crippen molar-refractivity contribution in [2.24, 2.45) is 4.99 Å². The SMILES string of the molecule is CC(C)c1ccc([C@H](C)C2=NCCN2)cc1. The van der Waals surface area contributed by atoms with Gasteiger partial charge in [0.2, 0.25) is 0 Å². The van der Waals surface area contributed by atoms with Crippen LogP contribution in [0.25, 0.3) is 0 Å². The lowest BCUT2D eigenvalue weighted by molar-refractivity contribution is 0.862. The highest BCUT2D eigenvalue weighted by atomic mass is 15.1. The van der Waals surface area contributed by atoms with E-state index >= 15 is 0 Å². The van der Waals surface area contributed by atoms with Crippen LogP contribution in [0.2, 0.25) is 0 Å². The molecule has 1 aromatic rings. The van der Waals surface area contributed by atoms with Crippen LogP contribution in [0.1, 0.15) is 43.7 Å². The summed E-state index contributed by atoms with van der Waals surface area (Å²) in [5.74, 6) is 2.13. The van der Waals surface area contributed by atoms with Crippen LogP contribution in [0.5, 0.6) is 0 Å². The largest absolute Gasteiger partial charge is 0.371 e. The van der Waals surface area contributed by atoms with Crippen molar-refractivity contribution in [2.45, 2.75) is 32.6 Å². The average Bonchev–Trinajstić information content (AvgIpc) is 2.81. The van der Waals surface area contributed by atoms with E-state index in [0.717, 1.165) is 18.9 Å². The fourth-order valence-corrected chi connectivity index (χ4v) is 2.03. The summed E-state index contributed by atoms with van der Waals surface area (Å²) in [6.07, 6.45) is 0. The van der Waals surface area contributed by atoms with Crippen molar-refractivity contribution in [2.75, 3.05) is 13.1 Å². The van der Waals surface area contributed by atoms with Crippen LogP contribution < -0.4 is 5.32 Å². The van der Waals surface area contributed by atoms with Crippen LogP contribution in [0.15, 0.2) is 29.3 Å². The molecule has 1 aliphatic rings. The molecule has 0 amide bonds. The van der Waals surface area contributed by atoms with Gasteiger partial charge in [-0.05, 0) is 17.0 Å². The van der Waals surface area contributed by atoms with Crippen LogP contribution in [0, 0.1) is 0 Å². The Hall–Kier alpha value is -1.31. The molecule has 2 nitrogen and oxygen atoms in total. The summed E-state index contributed by atoms with van der Waals surface area (Å²) in [5, 5.41) is 3.34. The molecule has 0 bridgehead atoms. The van der Waals surface area contributed by atoms with E-state index in [1.165, 1.54) is 11.1 Å². The van der Waals surface area contributed by atoms with Crippen LogP contribution in [0.3, 0.4) is 0 Å². The molecule has 0 unspecified atom stereocenters. The highest BCUT2D eigenvalue weighted by molar-refractivity contribution is 5.89. The van der Waals surface area contributed by atoms with E-state index in [4.69, 9.17) is 0 Å². The van der Waals surface area contributed by atoms with Gasteiger partial charge in [-0.1, -0.05) is 45.0 Å². The Bertz CT molecular complexity index is 376. The fraction of sp³-hybridized carbons (Fsp3) is 0.500. The molecule has 1 atom stereocenters. The Morgan fingerprint density at radius 2 is 1.69 bits per heavy atom. The zero-order chi connectivity index (χ0) is 11.5. The van der Waals surface area contributed by atoms with E-state index in [-0.39, 0.29) is 0 Å². The van der Waals surface area contributed by atoms with Gasteiger partial charge >= 0.3 is 0 Å². The van der Waals surface area contributed by atoms with E-state index in [1.807, 2.05) is 0 Å². The molecule has 0 aliphatic carbocycles. The first-order chi connectivity index (χ1) is 7.68. The second kappa shape index (κ2) is 4.69. The van der Waals surface area contributed by atoms with Crippen LogP contribution in [-0.2, 0) is 0 Å². The molecular formula is C14H20N2. The molecule has 0 aromatic heterocycles. The Morgan fingerprint density at radius 1 is 1.06 bits per heavy atom. The molecule has 1 heterocycles. The van der Waals surface area contributed by atoms with Crippen molar-refractivity contribution in [3.05, 3.63) is 35.4 Å². The molecule has 2 heteroatoms. The van der Waals surface area contributed by atoms with E-state index in [2.05, 4.69) is 55.3 Å². The summed E-state index contributed by atoms with van der Waals surface area (Å²) in [6, 6.07) is 8.91. The molecule has 0 saturated carbocycles. The standard InChI is InChI=1S/C14H20N2/c1-10(2)12-4-6-13(7-5-12)11(3)14-15-8-9-16-14/h4-7,10-11H,8-9H2,1-3H3,(H,15,16)/t11-/m0/s1. The van der Waals surface area contributed by atoms with Gasteiger partial charge in [-0.3, -0.25) is 4.99 Å². The van der Waals surface area contributed by atoms with Gasteiger partial charge in [0.15, 0.2) is 0 Å². The highest BCUT2D eigenvalue weighted by Gasteiger charge is 2.15. The first-order valence-corrected chi connectivity index (χ1v) is 6.06. The van der Waals surface area contributed by atoms with Crippen molar-refractivity contribution < 1.29 is 0 Å². The van der Waals surface area contributed by atoms with Crippen molar-refractivity contribution >= 4 is 5.84 Å². The molecule has 16 heavy (non-hydrogen) atoms. The molecule has 0 saturated heterocycles. The molecule has 0 radical (unpaired) electrons. The lowest BCUT2D eigenvalue weighted by atomic mass is 9.95. The van der Waals surface area contributed by atoms with Gasteiger partial charge in [0.25, 0.3) is 0 Å². The minimum Gasteiger partial charge on any atom is -0.371 e. The van der Waals surface area contributed by atoms with Gasteiger partial charge in [0, 0.05) is 12.5 Å². The Kier molecular flexibility index (Phi) is 3.28. The first kappa shape index (κ1) is 11.2. The third kappa shape index (κ3) is 2.26. The number of hydrogen-bond acceptors (Lipinski definition) is 2. The highest BCUT2D eigenvalue weighted by Crippen LogP contribution is 2.21. The Balaban J connectivity index is 2.14. The smallest absolute Gasteiger partial charge is 0.104 e. The van der Waals surface area contributed by atoms with Crippen LogP contribution in [0.4, 0.5) is 0 Å². The number of nitrogens with zero attached hydrogens (tertiary/aromatic N) is 1. The maximum atomic E-state index is 4.48. The molecule has 1 N–H and O–H groups in total. The quantitative estimate of drug-likeness (QED) is 0.825. The van der Waals surface area contributed by atoms with Crippen molar-refractivity contribution in [1.29, 1.82) is 0 Å². The maximum Gasteiger partial charge on any atom is 0.104 e. The third-order valence-electron chi connectivity index (χ3n) is 3.21. The number of amidine groups is 1. The lowest BCUT2D eigenvalue weighted by Gasteiger charge is -2.14. The fourth-order valence-electron chi connectivity index (χ4n) is 2.03. The van der Waals surface area contributed by atoms with Crippen molar-refractivity contribution in [1.82, 2.24) is 5.32 Å². The molecule has 1 aliphatic heterocycles. The summed E-state index contributed by atoms with van der Waals surface area (Å²) >= 11 is 0. The zero-order valence-electron chi connectivity index (χ0n) is 10.3. The molecule has 2 rings (SSSR count). The van der Waals surface area contributed by atoms with Gasteiger partial charge in [-0.25, -0.2) is 0 Å². The Morgan fingerprint density at radius 3 is 2.19 bits per heavy atom. The molecule has 86 valence electrons. The maximum absolute atomic E-state index is 4.48. The summed E-state index contributed by atoms with van der Waals surface area (Å²) in [4.78, 5) is 4.48. The summed E-state index contributed by atoms with van der Waals surface area (Å²) in [7, 11) is 0. The number of nitrogens with one attached hydrogen (secondary N) is 1. The summed E-state index contributed by atoms with van der Waals surface area (Å²) in [6.45, 7) is 8.57. The molecule has 1 aromatic carbocycles. The topological polar surface area (TPSA) is 24.4 Å². The number of hydrogen-bond donors (Lipinski definition) is 1. The molecular weight excluding hydrogens is 196 g/mol. The van der Waals surface area contributed by atoms with Crippen molar-refractivity contribution in [3.8, 4) is 0 Å². The number of aliphatic imine (C=N–C) groups is 1. The monoisotopic (exact) mass is 216 g/mol. The summed E-state index contributed by atoms with van der Waals surface area (Å²) in [5.41, 5.74) is 2.75. The van der Waals surface area contributed by atoms with Crippen LogP contribution in [-0.4, -0.2) is 18.9 Å². The van der Waals surface area contributed by atoms with Gasteiger partial charge in [0.1, 0.15) is 5.84 Å². The van der Waals surface area contributed by atoms with E-state index < -0.39 is 0 Å². The number of rotatable bonds is 3. The second-order valence-electron chi connectivity index (χ2n) is 4.74. The second-order valence-corrected chi connectivity index (χ2v) is 4.74. The molecule has 0 fully saturated rings. The lowest BCUT2D eigenvalue weighted by Crippen LogP contribution is -2.23. The van der Waals surface area contributed by atoms with E-state index in [1.54, 1.807) is 0 Å². The molecule has 0 spiro atoms. The normalized spacial score (nSPS) is 17.1. The Labute approximate surface area is 97.8 Å². The zero-order valence-corrected chi connectivity index (χ0v) is 10.3. The minimum atomic E-state index is 0.392. The van der Waals surface area contributed by atoms with Crippen LogP contribution >= 0.6 is 0 Å². The predicted octanol–water partition coefficient (Wildman–Crippen LogP) is 2.92. The van der Waals surface area contributed by atoms with Crippen molar-refractivity contribution in [3.63, 3.8) is 0 Å².